The largest absolute Gasteiger partial charge is 0.484 e. The fourth-order valence-electron chi connectivity index (χ4n) is 4.27. The number of carbonyl (C=O) groups is 2. The van der Waals surface area contributed by atoms with Gasteiger partial charge in [-0.05, 0) is 38.3 Å². The Kier molecular flexibility index (Phi) is 6.58. The Labute approximate surface area is 189 Å². The van der Waals surface area contributed by atoms with Crippen molar-refractivity contribution in [3.8, 4) is 5.75 Å². The molecule has 170 valence electrons. The van der Waals surface area contributed by atoms with Crippen LogP contribution in [-0.2, 0) is 4.79 Å². The van der Waals surface area contributed by atoms with Gasteiger partial charge in [0.1, 0.15) is 11.6 Å². The number of benzene rings is 1. The van der Waals surface area contributed by atoms with Crippen LogP contribution in [0.15, 0.2) is 30.5 Å². The number of anilines is 1. The lowest BCUT2D eigenvalue weighted by Crippen LogP contribution is -2.33. The molecule has 2 aromatic rings. The minimum atomic E-state index is -0.0414. The summed E-state index contributed by atoms with van der Waals surface area (Å²) in [6, 6.07) is 7.68. The third-order valence-electron chi connectivity index (χ3n) is 6.22. The van der Waals surface area contributed by atoms with Gasteiger partial charge < -0.3 is 19.4 Å². The van der Waals surface area contributed by atoms with Crippen molar-refractivity contribution < 1.29 is 14.3 Å². The first-order chi connectivity index (χ1) is 15.4. The Bertz CT molecular complexity index is 987. The lowest BCUT2D eigenvalue weighted by molar-refractivity contribution is -0.132. The first-order valence-corrected chi connectivity index (χ1v) is 11.2. The van der Waals surface area contributed by atoms with Crippen molar-refractivity contribution in [2.24, 2.45) is 0 Å². The molecule has 4 rings (SSSR count). The van der Waals surface area contributed by atoms with Crippen LogP contribution in [0.25, 0.3) is 0 Å². The second kappa shape index (κ2) is 9.54. The van der Waals surface area contributed by atoms with Gasteiger partial charge in [0.15, 0.2) is 6.61 Å². The Morgan fingerprint density at radius 3 is 2.66 bits per heavy atom. The Hall–Kier alpha value is -3.16. The van der Waals surface area contributed by atoms with E-state index in [-0.39, 0.29) is 24.3 Å². The molecule has 8 nitrogen and oxygen atoms in total. The van der Waals surface area contributed by atoms with Gasteiger partial charge in [0.2, 0.25) is 0 Å². The van der Waals surface area contributed by atoms with Gasteiger partial charge in [-0.25, -0.2) is 9.97 Å². The predicted molar refractivity (Wildman–Crippen MR) is 122 cm³/mol. The van der Waals surface area contributed by atoms with Crippen molar-refractivity contribution in [1.82, 2.24) is 19.8 Å². The number of aryl methyl sites for hydroxylation is 1. The monoisotopic (exact) mass is 437 g/mol. The van der Waals surface area contributed by atoms with Gasteiger partial charge in [-0.1, -0.05) is 6.07 Å². The molecule has 2 aliphatic heterocycles. The van der Waals surface area contributed by atoms with Crippen LogP contribution in [0.4, 0.5) is 5.69 Å². The Balaban J connectivity index is 1.33. The molecule has 0 saturated carbocycles. The maximum absolute atomic E-state index is 12.7. The minimum absolute atomic E-state index is 0.00671. The molecule has 1 unspecified atom stereocenters. The van der Waals surface area contributed by atoms with E-state index in [2.05, 4.69) is 9.97 Å². The average molecular weight is 438 g/mol. The van der Waals surface area contributed by atoms with Gasteiger partial charge in [0, 0.05) is 64.1 Å². The summed E-state index contributed by atoms with van der Waals surface area (Å²) in [5, 5.41) is 0. The highest BCUT2D eigenvalue weighted by Gasteiger charge is 2.30. The standard InChI is InChI=1S/C24H31N5O3/c1-17-21(24(31)28-10-4-5-11-28)14-25-23(26-17)18-9-12-29(15-18)22(30)16-32-20-8-6-7-19(13-20)27(2)3/h6-8,13-14,18H,4-5,9-12,15-16H2,1-3H3. The van der Waals surface area contributed by atoms with Gasteiger partial charge >= 0.3 is 0 Å². The van der Waals surface area contributed by atoms with E-state index in [1.54, 1.807) is 6.20 Å². The summed E-state index contributed by atoms with van der Waals surface area (Å²) in [5.41, 5.74) is 2.31. The smallest absolute Gasteiger partial charge is 0.260 e. The molecule has 1 aromatic carbocycles. The minimum Gasteiger partial charge on any atom is -0.484 e. The average Bonchev–Trinajstić information content (AvgIpc) is 3.50. The lowest BCUT2D eigenvalue weighted by atomic mass is 10.1. The summed E-state index contributed by atoms with van der Waals surface area (Å²) in [6.45, 7) is 4.71. The molecule has 3 heterocycles. The maximum Gasteiger partial charge on any atom is 0.260 e. The fraction of sp³-hybridized carbons (Fsp3) is 0.500. The van der Waals surface area contributed by atoms with E-state index in [1.807, 2.05) is 60.0 Å². The van der Waals surface area contributed by atoms with Crippen molar-refractivity contribution in [2.45, 2.75) is 32.1 Å². The molecule has 32 heavy (non-hydrogen) atoms. The molecule has 0 spiro atoms. The van der Waals surface area contributed by atoms with E-state index >= 15 is 0 Å². The summed E-state index contributed by atoms with van der Waals surface area (Å²) < 4.78 is 5.73. The van der Waals surface area contributed by atoms with E-state index in [1.165, 1.54) is 0 Å². The third kappa shape index (κ3) is 4.84. The van der Waals surface area contributed by atoms with E-state index in [9.17, 15) is 9.59 Å². The number of rotatable bonds is 6. The summed E-state index contributed by atoms with van der Waals surface area (Å²) in [4.78, 5) is 40.1. The summed E-state index contributed by atoms with van der Waals surface area (Å²) in [5.74, 6) is 1.43. The molecule has 0 aliphatic carbocycles. The number of ether oxygens (including phenoxy) is 1. The Morgan fingerprint density at radius 1 is 1.16 bits per heavy atom. The quantitative estimate of drug-likeness (QED) is 0.691. The number of amides is 2. The van der Waals surface area contributed by atoms with Crippen LogP contribution in [0.1, 0.15) is 47.1 Å². The van der Waals surface area contributed by atoms with Gasteiger partial charge in [-0.2, -0.15) is 0 Å². The normalized spacial score (nSPS) is 18.2. The number of aromatic nitrogens is 2. The third-order valence-corrected chi connectivity index (χ3v) is 6.22. The highest BCUT2D eigenvalue weighted by molar-refractivity contribution is 5.95. The molecular formula is C24H31N5O3. The van der Waals surface area contributed by atoms with E-state index in [0.717, 1.165) is 38.0 Å². The first-order valence-electron chi connectivity index (χ1n) is 11.2. The van der Waals surface area contributed by atoms with Crippen LogP contribution < -0.4 is 9.64 Å². The number of hydrogen-bond donors (Lipinski definition) is 0. The van der Waals surface area contributed by atoms with Crippen molar-refractivity contribution in [3.05, 3.63) is 47.5 Å². The number of hydrogen-bond acceptors (Lipinski definition) is 6. The van der Waals surface area contributed by atoms with Crippen LogP contribution in [0.3, 0.4) is 0 Å². The van der Waals surface area contributed by atoms with Crippen LogP contribution in [0.5, 0.6) is 5.75 Å². The second-order valence-electron chi connectivity index (χ2n) is 8.73. The summed E-state index contributed by atoms with van der Waals surface area (Å²) in [6.07, 6.45) is 4.57. The number of nitrogens with zero attached hydrogens (tertiary/aromatic N) is 5. The number of likely N-dealkylation sites (tertiary alicyclic amines) is 2. The molecule has 1 atom stereocenters. The SMILES string of the molecule is Cc1nc(C2CCN(C(=O)COc3cccc(N(C)C)c3)C2)ncc1C(=O)N1CCCC1. The highest BCUT2D eigenvalue weighted by Crippen LogP contribution is 2.26. The zero-order valence-electron chi connectivity index (χ0n) is 19.1. The number of carbonyl (C=O) groups excluding carboxylic acids is 2. The van der Waals surface area contributed by atoms with Crippen molar-refractivity contribution in [2.75, 3.05) is 51.8 Å². The first kappa shape index (κ1) is 22.0. The molecule has 0 radical (unpaired) electrons. The molecular weight excluding hydrogens is 406 g/mol. The molecule has 0 bridgehead atoms. The maximum atomic E-state index is 12.7. The molecule has 2 fully saturated rings. The molecule has 1 aromatic heterocycles. The van der Waals surface area contributed by atoms with Crippen LogP contribution in [-0.4, -0.2) is 78.5 Å². The topological polar surface area (TPSA) is 78.9 Å². The van der Waals surface area contributed by atoms with Crippen molar-refractivity contribution in [3.63, 3.8) is 0 Å². The predicted octanol–water partition coefficient (Wildman–Crippen LogP) is 2.48. The lowest BCUT2D eigenvalue weighted by Gasteiger charge is -2.18. The van der Waals surface area contributed by atoms with Gasteiger partial charge in [0.05, 0.1) is 11.3 Å². The van der Waals surface area contributed by atoms with Gasteiger partial charge in [-0.15, -0.1) is 0 Å². The van der Waals surface area contributed by atoms with Gasteiger partial charge in [0.25, 0.3) is 11.8 Å². The van der Waals surface area contributed by atoms with Crippen molar-refractivity contribution >= 4 is 17.5 Å². The molecule has 2 amide bonds. The van der Waals surface area contributed by atoms with E-state index in [0.29, 0.717) is 35.9 Å². The summed E-state index contributed by atoms with van der Waals surface area (Å²) in [7, 11) is 3.93. The van der Waals surface area contributed by atoms with E-state index < -0.39 is 0 Å². The van der Waals surface area contributed by atoms with E-state index in [4.69, 9.17) is 4.74 Å². The molecule has 2 saturated heterocycles. The highest BCUT2D eigenvalue weighted by atomic mass is 16.5. The zero-order valence-corrected chi connectivity index (χ0v) is 19.1. The molecule has 2 aliphatic rings. The van der Waals surface area contributed by atoms with Crippen molar-refractivity contribution in [1.29, 1.82) is 0 Å². The zero-order chi connectivity index (χ0) is 22.7. The molecule has 0 N–H and O–H groups in total. The fourth-order valence-corrected chi connectivity index (χ4v) is 4.27. The van der Waals surface area contributed by atoms with Crippen LogP contribution in [0, 0.1) is 6.92 Å². The molecule has 8 heteroatoms. The van der Waals surface area contributed by atoms with Gasteiger partial charge in [-0.3, -0.25) is 9.59 Å². The summed E-state index contributed by atoms with van der Waals surface area (Å²) >= 11 is 0. The Morgan fingerprint density at radius 2 is 1.94 bits per heavy atom. The second-order valence-corrected chi connectivity index (χ2v) is 8.73. The van der Waals surface area contributed by atoms with Crippen LogP contribution in [0.2, 0.25) is 0 Å². The van der Waals surface area contributed by atoms with Crippen LogP contribution >= 0.6 is 0 Å².